The van der Waals surface area contributed by atoms with Gasteiger partial charge in [0.1, 0.15) is 23.4 Å². The van der Waals surface area contributed by atoms with E-state index in [0.29, 0.717) is 23.7 Å². The number of fused-ring (bicyclic) bond motifs is 1. The van der Waals surface area contributed by atoms with E-state index in [1.165, 1.54) is 0 Å². The summed E-state index contributed by atoms with van der Waals surface area (Å²) in [6.07, 6.45) is 0.756. The molecule has 3 aromatic rings. The van der Waals surface area contributed by atoms with Crippen LogP contribution in [-0.4, -0.2) is 37.8 Å². The van der Waals surface area contributed by atoms with Gasteiger partial charge in [-0.05, 0) is 42.8 Å². The first-order chi connectivity index (χ1) is 15.0. The van der Waals surface area contributed by atoms with E-state index in [0.717, 1.165) is 38.9 Å². The van der Waals surface area contributed by atoms with Crippen LogP contribution in [0.4, 0.5) is 0 Å². The molecule has 31 heavy (non-hydrogen) atoms. The van der Waals surface area contributed by atoms with E-state index in [9.17, 15) is 4.79 Å². The van der Waals surface area contributed by atoms with E-state index in [1.807, 2.05) is 36.6 Å². The van der Waals surface area contributed by atoms with Gasteiger partial charge in [0, 0.05) is 22.9 Å². The van der Waals surface area contributed by atoms with Crippen LogP contribution in [0, 0.1) is 6.92 Å². The number of halogens is 1. The molecule has 1 unspecified atom stereocenters. The molecule has 2 heterocycles. The predicted octanol–water partition coefficient (Wildman–Crippen LogP) is 4.45. The highest BCUT2D eigenvalue weighted by Crippen LogP contribution is 2.42. The molecule has 1 aromatic heterocycles. The monoisotopic (exact) mass is 458 g/mol. The fourth-order valence-electron chi connectivity index (χ4n) is 3.64. The van der Waals surface area contributed by atoms with Crippen molar-refractivity contribution in [2.24, 2.45) is 0 Å². The van der Waals surface area contributed by atoms with Crippen molar-refractivity contribution in [3.8, 4) is 28.4 Å². The lowest BCUT2D eigenvalue weighted by molar-refractivity contribution is -0.120. The number of nitrogens with one attached hydrogen (secondary N) is 1. The maximum atomic E-state index is 12.2. The topological polar surface area (TPSA) is 69.7 Å². The second kappa shape index (κ2) is 9.16. The molecule has 8 heteroatoms. The van der Waals surface area contributed by atoms with Gasteiger partial charge in [0.25, 0.3) is 0 Å². The number of hydrogen-bond donors (Lipinski definition) is 1. The number of rotatable bonds is 7. The molecule has 162 valence electrons. The SMILES string of the molecule is COc1ccc(OC)c(-c2cc(Cl)c3c(c2)CC(CNC(=O)Cc2csc(C)n2)O3)c1. The third kappa shape index (κ3) is 4.78. The van der Waals surface area contributed by atoms with Crippen LogP contribution in [0.15, 0.2) is 35.7 Å². The zero-order valence-electron chi connectivity index (χ0n) is 17.5. The average Bonchev–Trinajstić information content (AvgIpc) is 3.37. The molecule has 0 spiro atoms. The van der Waals surface area contributed by atoms with E-state index in [1.54, 1.807) is 25.6 Å². The van der Waals surface area contributed by atoms with Gasteiger partial charge in [0.2, 0.25) is 5.91 Å². The van der Waals surface area contributed by atoms with Gasteiger partial charge in [-0.3, -0.25) is 4.79 Å². The minimum atomic E-state index is -0.170. The number of carbonyl (C=O) groups is 1. The average molecular weight is 459 g/mol. The number of thiazole rings is 1. The summed E-state index contributed by atoms with van der Waals surface area (Å²) < 4.78 is 16.9. The molecule has 0 saturated carbocycles. The van der Waals surface area contributed by atoms with Crippen molar-refractivity contribution in [2.45, 2.75) is 25.9 Å². The Balaban J connectivity index is 1.46. The summed E-state index contributed by atoms with van der Waals surface area (Å²) in [6.45, 7) is 2.33. The smallest absolute Gasteiger partial charge is 0.226 e. The second-order valence-corrected chi connectivity index (χ2v) is 8.76. The fraction of sp³-hybridized carbons (Fsp3) is 0.304. The first kappa shape index (κ1) is 21.5. The van der Waals surface area contributed by atoms with Gasteiger partial charge in [0.15, 0.2) is 0 Å². The van der Waals surface area contributed by atoms with Gasteiger partial charge in [-0.15, -0.1) is 11.3 Å². The molecule has 1 aliphatic rings. The molecule has 1 atom stereocenters. The van der Waals surface area contributed by atoms with Crippen molar-refractivity contribution in [1.82, 2.24) is 10.3 Å². The Morgan fingerprint density at radius 2 is 2.13 bits per heavy atom. The van der Waals surface area contributed by atoms with Crippen molar-refractivity contribution in [3.63, 3.8) is 0 Å². The highest BCUT2D eigenvalue weighted by molar-refractivity contribution is 7.09. The summed E-state index contributed by atoms with van der Waals surface area (Å²) in [5.74, 6) is 2.07. The number of carbonyl (C=O) groups excluding carboxylic acids is 1. The molecular formula is C23H23ClN2O4S. The minimum absolute atomic E-state index is 0.0715. The number of methoxy groups -OCH3 is 2. The summed E-state index contributed by atoms with van der Waals surface area (Å²) in [7, 11) is 3.26. The number of aryl methyl sites for hydroxylation is 1. The van der Waals surface area contributed by atoms with Gasteiger partial charge in [-0.25, -0.2) is 4.98 Å². The first-order valence-corrected chi connectivity index (χ1v) is 11.1. The largest absolute Gasteiger partial charge is 0.497 e. The van der Waals surface area contributed by atoms with Gasteiger partial charge >= 0.3 is 0 Å². The lowest BCUT2D eigenvalue weighted by atomic mass is 9.99. The molecule has 0 bridgehead atoms. The number of amides is 1. The molecule has 4 rings (SSSR count). The molecular weight excluding hydrogens is 436 g/mol. The van der Waals surface area contributed by atoms with Crippen LogP contribution < -0.4 is 19.5 Å². The van der Waals surface area contributed by atoms with Crippen molar-refractivity contribution >= 4 is 28.8 Å². The van der Waals surface area contributed by atoms with E-state index in [-0.39, 0.29) is 18.4 Å². The molecule has 1 aliphatic heterocycles. The Hall–Kier alpha value is -2.77. The predicted molar refractivity (Wildman–Crippen MR) is 122 cm³/mol. The number of aromatic nitrogens is 1. The maximum Gasteiger partial charge on any atom is 0.226 e. The third-order valence-electron chi connectivity index (χ3n) is 5.11. The zero-order valence-corrected chi connectivity index (χ0v) is 19.1. The number of hydrogen-bond acceptors (Lipinski definition) is 6. The van der Waals surface area contributed by atoms with Gasteiger partial charge < -0.3 is 19.5 Å². The molecule has 6 nitrogen and oxygen atoms in total. The van der Waals surface area contributed by atoms with Crippen molar-refractivity contribution < 1.29 is 19.0 Å². The quantitative estimate of drug-likeness (QED) is 0.566. The summed E-state index contributed by atoms with van der Waals surface area (Å²) in [5, 5.41) is 6.33. The van der Waals surface area contributed by atoms with Gasteiger partial charge in [-0.2, -0.15) is 0 Å². The lowest BCUT2D eigenvalue weighted by Gasteiger charge is -2.13. The van der Waals surface area contributed by atoms with Crippen LogP contribution in [0.25, 0.3) is 11.1 Å². The van der Waals surface area contributed by atoms with Crippen molar-refractivity contribution in [2.75, 3.05) is 20.8 Å². The standard InChI is InChI=1S/C23H23ClN2O4S/c1-13-26-16(12-31-13)9-22(27)25-11-18-7-15-6-14(8-20(24)23(15)30-18)19-10-17(28-2)4-5-21(19)29-3/h4-6,8,10,12,18H,7,9,11H2,1-3H3,(H,25,27). The number of benzene rings is 2. The van der Waals surface area contributed by atoms with Crippen LogP contribution in [-0.2, 0) is 17.6 Å². The van der Waals surface area contributed by atoms with E-state index < -0.39 is 0 Å². The molecule has 0 radical (unpaired) electrons. The third-order valence-corrected chi connectivity index (χ3v) is 6.21. The van der Waals surface area contributed by atoms with Crippen LogP contribution in [0.1, 0.15) is 16.3 Å². The van der Waals surface area contributed by atoms with Crippen molar-refractivity contribution in [3.05, 3.63) is 57.0 Å². The Kier molecular flexibility index (Phi) is 6.34. The maximum absolute atomic E-state index is 12.2. The Morgan fingerprint density at radius 1 is 1.29 bits per heavy atom. The lowest BCUT2D eigenvalue weighted by Crippen LogP contribution is -2.35. The first-order valence-electron chi connectivity index (χ1n) is 9.86. The van der Waals surface area contributed by atoms with E-state index in [4.69, 9.17) is 25.8 Å². The molecule has 1 amide bonds. The molecule has 0 saturated heterocycles. The summed E-state index contributed by atoms with van der Waals surface area (Å²) in [6, 6.07) is 9.56. The van der Waals surface area contributed by atoms with Crippen LogP contribution >= 0.6 is 22.9 Å². The van der Waals surface area contributed by atoms with Gasteiger partial charge in [-0.1, -0.05) is 11.6 Å². The van der Waals surface area contributed by atoms with E-state index >= 15 is 0 Å². The van der Waals surface area contributed by atoms with Crippen molar-refractivity contribution in [1.29, 1.82) is 0 Å². The minimum Gasteiger partial charge on any atom is -0.497 e. The highest BCUT2D eigenvalue weighted by Gasteiger charge is 2.27. The number of nitrogens with zero attached hydrogens (tertiary/aromatic N) is 1. The molecule has 1 N–H and O–H groups in total. The number of ether oxygens (including phenoxy) is 3. The van der Waals surface area contributed by atoms with Gasteiger partial charge in [0.05, 0.1) is 42.9 Å². The second-order valence-electron chi connectivity index (χ2n) is 7.30. The molecule has 0 fully saturated rings. The Morgan fingerprint density at radius 3 is 2.84 bits per heavy atom. The summed E-state index contributed by atoms with van der Waals surface area (Å²) in [5.41, 5.74) is 3.60. The zero-order chi connectivity index (χ0) is 22.0. The summed E-state index contributed by atoms with van der Waals surface area (Å²) in [4.78, 5) is 16.6. The molecule has 2 aromatic carbocycles. The van der Waals surface area contributed by atoms with E-state index in [2.05, 4.69) is 16.4 Å². The highest BCUT2D eigenvalue weighted by atomic mass is 35.5. The Labute approximate surface area is 190 Å². The van der Waals surface area contributed by atoms with Crippen LogP contribution in [0.5, 0.6) is 17.2 Å². The summed E-state index contributed by atoms with van der Waals surface area (Å²) >= 11 is 8.08. The Bertz CT molecular complexity index is 1110. The fourth-order valence-corrected chi connectivity index (χ4v) is 4.54. The van der Waals surface area contributed by atoms with Crippen LogP contribution in [0.2, 0.25) is 5.02 Å². The molecule has 0 aliphatic carbocycles. The normalized spacial score (nSPS) is 14.6. The van der Waals surface area contributed by atoms with Crippen LogP contribution in [0.3, 0.4) is 0 Å².